The monoisotopic (exact) mass is 448 g/mol. The van der Waals surface area contributed by atoms with Crippen LogP contribution in [-0.2, 0) is 9.53 Å². The Hall–Kier alpha value is -2.59. The lowest BCUT2D eigenvalue weighted by Gasteiger charge is -2.10. The average molecular weight is 450 g/mol. The lowest BCUT2D eigenvalue weighted by molar-refractivity contribution is -0.384. The van der Waals surface area contributed by atoms with Crippen molar-refractivity contribution < 1.29 is 28.0 Å². The van der Waals surface area contributed by atoms with Crippen molar-refractivity contribution in [2.24, 2.45) is 0 Å². The largest absolute Gasteiger partial charge is 0.452 e. The van der Waals surface area contributed by atoms with Crippen molar-refractivity contribution in [1.29, 1.82) is 0 Å². The van der Waals surface area contributed by atoms with Crippen LogP contribution in [-0.4, -0.2) is 23.4 Å². The summed E-state index contributed by atoms with van der Waals surface area (Å²) in [6, 6.07) is 4.64. The molecule has 0 aliphatic carbocycles. The van der Waals surface area contributed by atoms with Crippen LogP contribution in [0.15, 0.2) is 34.8 Å². The number of hydrogen-bond acceptors (Lipinski definition) is 5. The van der Waals surface area contributed by atoms with Gasteiger partial charge in [-0.05, 0) is 28.1 Å². The third-order valence-electron chi connectivity index (χ3n) is 2.99. The van der Waals surface area contributed by atoms with E-state index in [4.69, 9.17) is 16.3 Å². The van der Waals surface area contributed by atoms with Crippen LogP contribution < -0.4 is 5.32 Å². The third kappa shape index (κ3) is 4.73. The first-order valence-electron chi connectivity index (χ1n) is 6.74. The molecule has 0 aliphatic rings. The number of nitrogens with one attached hydrogen (secondary N) is 1. The molecule has 0 aliphatic heterocycles. The van der Waals surface area contributed by atoms with E-state index in [0.717, 1.165) is 24.3 Å². The molecule has 0 bridgehead atoms. The molecule has 0 fully saturated rings. The molecule has 0 saturated carbocycles. The van der Waals surface area contributed by atoms with Crippen molar-refractivity contribution in [2.75, 3.05) is 11.9 Å². The van der Waals surface area contributed by atoms with Gasteiger partial charge >= 0.3 is 5.97 Å². The topological polar surface area (TPSA) is 98.5 Å². The van der Waals surface area contributed by atoms with Crippen LogP contribution >= 0.6 is 27.5 Å². The van der Waals surface area contributed by atoms with Gasteiger partial charge in [-0.25, -0.2) is 13.6 Å². The molecule has 0 spiro atoms. The second-order valence-corrected chi connectivity index (χ2v) is 6.05. The van der Waals surface area contributed by atoms with Gasteiger partial charge in [-0.2, -0.15) is 0 Å². The maximum atomic E-state index is 13.6. The zero-order valence-electron chi connectivity index (χ0n) is 12.6. The summed E-state index contributed by atoms with van der Waals surface area (Å²) in [5.74, 6) is -3.86. The van der Waals surface area contributed by atoms with Gasteiger partial charge in [0.05, 0.1) is 21.2 Å². The number of anilines is 1. The van der Waals surface area contributed by atoms with Crippen LogP contribution in [0.5, 0.6) is 0 Å². The summed E-state index contributed by atoms with van der Waals surface area (Å²) in [5, 5.41) is 12.7. The lowest BCUT2D eigenvalue weighted by Crippen LogP contribution is -2.22. The number of amides is 1. The average Bonchev–Trinajstić information content (AvgIpc) is 2.56. The van der Waals surface area contributed by atoms with Crippen molar-refractivity contribution >= 4 is 50.8 Å². The molecule has 26 heavy (non-hydrogen) atoms. The molecule has 136 valence electrons. The van der Waals surface area contributed by atoms with Gasteiger partial charge in [-0.3, -0.25) is 14.9 Å². The molecular formula is C15H8BrClF2N2O5. The van der Waals surface area contributed by atoms with E-state index in [1.54, 1.807) is 0 Å². The third-order valence-corrected chi connectivity index (χ3v) is 3.94. The summed E-state index contributed by atoms with van der Waals surface area (Å²) < 4.78 is 31.3. The minimum atomic E-state index is -1.08. The molecule has 7 nitrogen and oxygen atoms in total. The molecule has 1 amide bonds. The highest BCUT2D eigenvalue weighted by atomic mass is 79.9. The van der Waals surface area contributed by atoms with Crippen molar-refractivity contribution in [2.45, 2.75) is 0 Å². The fraction of sp³-hybridized carbons (Fsp3) is 0.0667. The summed E-state index contributed by atoms with van der Waals surface area (Å²) in [4.78, 5) is 33.7. The van der Waals surface area contributed by atoms with Gasteiger partial charge in [0.2, 0.25) is 0 Å². The Kier molecular flexibility index (Phi) is 6.22. The highest BCUT2D eigenvalue weighted by molar-refractivity contribution is 9.10. The van der Waals surface area contributed by atoms with Gasteiger partial charge in [0.25, 0.3) is 11.6 Å². The number of halogens is 4. The maximum Gasteiger partial charge on any atom is 0.340 e. The number of benzene rings is 2. The predicted octanol–water partition coefficient (Wildman–Crippen LogP) is 4.08. The van der Waals surface area contributed by atoms with Crippen molar-refractivity contribution in [3.8, 4) is 0 Å². The number of esters is 1. The zero-order valence-corrected chi connectivity index (χ0v) is 14.9. The summed E-state index contributed by atoms with van der Waals surface area (Å²) in [7, 11) is 0. The van der Waals surface area contributed by atoms with E-state index in [1.807, 2.05) is 0 Å². The van der Waals surface area contributed by atoms with Crippen LogP contribution in [0, 0.1) is 21.7 Å². The number of non-ortho nitro benzene ring substituents is 1. The summed E-state index contributed by atoms with van der Waals surface area (Å²) in [5.41, 5.74) is -1.02. The Bertz CT molecular complexity index is 887. The Morgan fingerprint density at radius 3 is 2.58 bits per heavy atom. The van der Waals surface area contributed by atoms with E-state index in [0.29, 0.717) is 6.07 Å². The lowest BCUT2D eigenvalue weighted by atomic mass is 10.2. The van der Waals surface area contributed by atoms with Crippen LogP contribution in [0.3, 0.4) is 0 Å². The van der Waals surface area contributed by atoms with Crippen molar-refractivity contribution in [3.63, 3.8) is 0 Å². The standard InChI is InChI=1S/C15H8BrClF2N2O5/c16-10-3-7(18)4-12(19)14(10)20-13(22)6-26-15(23)9-5-8(21(24)25)1-2-11(9)17/h1-5H,6H2,(H,20,22). The minimum Gasteiger partial charge on any atom is -0.452 e. The van der Waals surface area contributed by atoms with Crippen molar-refractivity contribution in [1.82, 2.24) is 0 Å². The fourth-order valence-corrected chi connectivity index (χ4v) is 2.53. The first kappa shape index (κ1) is 19.7. The summed E-state index contributed by atoms with van der Waals surface area (Å²) in [6.45, 7) is -0.818. The molecule has 1 N–H and O–H groups in total. The van der Waals surface area contributed by atoms with Gasteiger partial charge < -0.3 is 10.1 Å². The smallest absolute Gasteiger partial charge is 0.340 e. The fourth-order valence-electron chi connectivity index (χ4n) is 1.83. The van der Waals surface area contributed by atoms with Crippen LogP contribution in [0.4, 0.5) is 20.2 Å². The van der Waals surface area contributed by atoms with Crippen LogP contribution in [0.25, 0.3) is 0 Å². The molecule has 2 rings (SSSR count). The van der Waals surface area contributed by atoms with E-state index in [1.165, 1.54) is 0 Å². The molecule has 2 aromatic rings. The second-order valence-electron chi connectivity index (χ2n) is 4.79. The molecule has 0 aromatic heterocycles. The number of hydrogen-bond donors (Lipinski definition) is 1. The van der Waals surface area contributed by atoms with Crippen molar-refractivity contribution in [3.05, 3.63) is 67.1 Å². The number of ether oxygens (including phenoxy) is 1. The van der Waals surface area contributed by atoms with Gasteiger partial charge in [0.1, 0.15) is 5.82 Å². The SMILES string of the molecule is O=C(COC(=O)c1cc([N+](=O)[O-])ccc1Cl)Nc1c(F)cc(F)cc1Br. The van der Waals surface area contributed by atoms with E-state index >= 15 is 0 Å². The number of nitro benzene ring substituents is 1. The Morgan fingerprint density at radius 2 is 1.96 bits per heavy atom. The van der Waals surface area contributed by atoms with E-state index in [-0.39, 0.29) is 26.4 Å². The van der Waals surface area contributed by atoms with E-state index in [9.17, 15) is 28.5 Å². The van der Waals surface area contributed by atoms with Gasteiger partial charge in [0, 0.05) is 22.7 Å². The Morgan fingerprint density at radius 1 is 1.27 bits per heavy atom. The number of carbonyl (C=O) groups excluding carboxylic acids is 2. The maximum absolute atomic E-state index is 13.6. The molecule has 11 heteroatoms. The molecular weight excluding hydrogens is 442 g/mol. The Labute approximate surface area is 158 Å². The van der Waals surface area contributed by atoms with Gasteiger partial charge in [-0.1, -0.05) is 11.6 Å². The normalized spacial score (nSPS) is 10.3. The van der Waals surface area contributed by atoms with Gasteiger partial charge in [0.15, 0.2) is 12.4 Å². The number of nitrogens with zero attached hydrogens (tertiary/aromatic N) is 1. The zero-order chi connectivity index (χ0) is 19.4. The highest BCUT2D eigenvalue weighted by Gasteiger charge is 2.19. The highest BCUT2D eigenvalue weighted by Crippen LogP contribution is 2.27. The number of nitro groups is 1. The predicted molar refractivity (Wildman–Crippen MR) is 91.1 cm³/mol. The van der Waals surface area contributed by atoms with E-state index in [2.05, 4.69) is 21.2 Å². The molecule has 2 aromatic carbocycles. The van der Waals surface area contributed by atoms with Gasteiger partial charge in [-0.15, -0.1) is 0 Å². The summed E-state index contributed by atoms with van der Waals surface area (Å²) >= 11 is 8.67. The molecule has 0 unspecified atom stereocenters. The Balaban J connectivity index is 2.05. The molecule has 0 saturated heterocycles. The van der Waals surface area contributed by atoms with Crippen LogP contribution in [0.1, 0.15) is 10.4 Å². The first-order valence-corrected chi connectivity index (χ1v) is 7.91. The second kappa shape index (κ2) is 8.19. The van der Waals surface area contributed by atoms with Crippen LogP contribution in [0.2, 0.25) is 5.02 Å². The minimum absolute atomic E-state index is 0.0450. The molecule has 0 atom stereocenters. The summed E-state index contributed by atoms with van der Waals surface area (Å²) in [6.07, 6.45) is 0. The molecule has 0 heterocycles. The number of carbonyl (C=O) groups is 2. The van der Waals surface area contributed by atoms with E-state index < -0.39 is 35.0 Å². The quantitative estimate of drug-likeness (QED) is 0.421. The first-order chi connectivity index (χ1) is 12.2. The molecule has 0 radical (unpaired) electrons. The number of rotatable bonds is 5.